The molecule has 1 aromatic rings. The summed E-state index contributed by atoms with van der Waals surface area (Å²) in [5.74, 6) is 0.223. The van der Waals surface area contributed by atoms with E-state index in [1.165, 1.54) is 0 Å². The van der Waals surface area contributed by atoms with Gasteiger partial charge in [0.05, 0.1) is 4.90 Å². The largest absolute Gasteiger partial charge is 0.396 e. The third-order valence-corrected chi connectivity index (χ3v) is 2.70. The van der Waals surface area contributed by atoms with Crippen molar-refractivity contribution >= 4 is 11.1 Å². The van der Waals surface area contributed by atoms with Crippen LogP contribution in [-0.4, -0.2) is 20.5 Å². The topological polar surface area (TPSA) is 57.5 Å². The van der Waals surface area contributed by atoms with E-state index >= 15 is 0 Å². The van der Waals surface area contributed by atoms with Crippen LogP contribution in [-0.2, 0) is 17.5 Å². The van der Waals surface area contributed by atoms with Gasteiger partial charge in [0.15, 0.2) is 11.1 Å². The van der Waals surface area contributed by atoms with Crippen LogP contribution in [0.15, 0.2) is 29.2 Å². The van der Waals surface area contributed by atoms with E-state index in [1.807, 2.05) is 19.1 Å². The fraction of sp³-hybridized carbons (Fsp3) is 0.400. The number of hydrogen-bond donors (Lipinski definition) is 2. The average Bonchev–Trinajstić information content (AvgIpc) is 2.18. The molecule has 0 radical (unpaired) electrons. The molecule has 0 aliphatic carbocycles. The number of benzene rings is 1. The van der Waals surface area contributed by atoms with E-state index in [1.54, 1.807) is 12.1 Å². The van der Waals surface area contributed by atoms with Crippen LogP contribution < -0.4 is 0 Å². The van der Waals surface area contributed by atoms with Gasteiger partial charge in [0, 0.05) is 6.61 Å². The second-order valence-electron chi connectivity index (χ2n) is 3.38. The first-order valence-corrected chi connectivity index (χ1v) is 5.55. The minimum Gasteiger partial charge on any atom is -0.396 e. The molecule has 2 unspecified atom stereocenters. The van der Waals surface area contributed by atoms with E-state index in [2.05, 4.69) is 0 Å². The highest BCUT2D eigenvalue weighted by atomic mass is 32.2. The molecule has 0 heterocycles. The van der Waals surface area contributed by atoms with E-state index in [9.17, 15) is 4.21 Å². The van der Waals surface area contributed by atoms with Crippen molar-refractivity contribution in [3.8, 4) is 0 Å². The summed E-state index contributed by atoms with van der Waals surface area (Å²) in [7, 11) is 0. The molecule has 0 aliphatic heterocycles. The van der Waals surface area contributed by atoms with Gasteiger partial charge in [0.2, 0.25) is 0 Å². The second kappa shape index (κ2) is 5.24. The molecule has 0 aliphatic rings. The Hall–Kier alpha value is -0.710. The molecule has 2 atom stereocenters. The van der Waals surface area contributed by atoms with Crippen molar-refractivity contribution in [2.24, 2.45) is 5.92 Å². The minimum atomic E-state index is -1.90. The summed E-state index contributed by atoms with van der Waals surface area (Å²) in [6, 6.07) is 6.90. The Morgan fingerprint density at radius 3 is 2.36 bits per heavy atom. The van der Waals surface area contributed by atoms with E-state index < -0.39 is 11.1 Å². The van der Waals surface area contributed by atoms with Gasteiger partial charge in [-0.2, -0.15) is 0 Å². The van der Waals surface area contributed by atoms with Gasteiger partial charge in [-0.15, -0.1) is 0 Å². The SMILES string of the molecule is CC(CO)Cc1ccc(S(=O)O)cc1. The van der Waals surface area contributed by atoms with Crippen molar-refractivity contribution in [3.05, 3.63) is 29.8 Å². The summed E-state index contributed by atoms with van der Waals surface area (Å²) in [6.45, 7) is 2.12. The standard InChI is InChI=1S/C10H14O3S/c1-8(7-11)6-9-2-4-10(5-3-9)14(12)13/h2-5,8,11H,6-7H2,1H3,(H,12,13). The summed E-state index contributed by atoms with van der Waals surface area (Å²) in [6.07, 6.45) is 0.787. The van der Waals surface area contributed by atoms with Crippen molar-refractivity contribution in [1.82, 2.24) is 0 Å². The zero-order chi connectivity index (χ0) is 10.6. The Morgan fingerprint density at radius 2 is 1.93 bits per heavy atom. The maximum absolute atomic E-state index is 10.7. The predicted molar refractivity (Wildman–Crippen MR) is 55.4 cm³/mol. The average molecular weight is 214 g/mol. The smallest absolute Gasteiger partial charge is 0.186 e. The number of rotatable bonds is 4. The van der Waals surface area contributed by atoms with Gasteiger partial charge >= 0.3 is 0 Å². The lowest BCUT2D eigenvalue weighted by atomic mass is 10.0. The Bertz CT molecular complexity index is 308. The zero-order valence-electron chi connectivity index (χ0n) is 8.01. The van der Waals surface area contributed by atoms with Crippen LogP contribution in [0.1, 0.15) is 12.5 Å². The van der Waals surface area contributed by atoms with Crippen LogP contribution in [0.3, 0.4) is 0 Å². The van der Waals surface area contributed by atoms with Crippen LogP contribution in [0.2, 0.25) is 0 Å². The lowest BCUT2D eigenvalue weighted by Gasteiger charge is -2.07. The van der Waals surface area contributed by atoms with Crippen LogP contribution >= 0.6 is 0 Å². The van der Waals surface area contributed by atoms with Crippen molar-refractivity contribution in [2.75, 3.05) is 6.61 Å². The Labute approximate surface area is 86.1 Å². The van der Waals surface area contributed by atoms with Gasteiger partial charge in [-0.1, -0.05) is 19.1 Å². The molecule has 14 heavy (non-hydrogen) atoms. The lowest BCUT2D eigenvalue weighted by Crippen LogP contribution is -2.04. The zero-order valence-corrected chi connectivity index (χ0v) is 8.83. The predicted octanol–water partition coefficient (Wildman–Crippen LogP) is 1.44. The first kappa shape index (κ1) is 11.4. The normalized spacial score (nSPS) is 15.1. The Morgan fingerprint density at radius 1 is 1.36 bits per heavy atom. The third-order valence-electron chi connectivity index (χ3n) is 2.02. The van der Waals surface area contributed by atoms with Gasteiger partial charge in [-0.3, -0.25) is 0 Å². The van der Waals surface area contributed by atoms with Crippen LogP contribution in [0.5, 0.6) is 0 Å². The van der Waals surface area contributed by atoms with Gasteiger partial charge in [0.1, 0.15) is 0 Å². The molecule has 1 rings (SSSR count). The van der Waals surface area contributed by atoms with Crippen LogP contribution in [0.4, 0.5) is 0 Å². The van der Waals surface area contributed by atoms with E-state index in [0.717, 1.165) is 12.0 Å². The molecule has 1 aromatic carbocycles. The first-order valence-electron chi connectivity index (χ1n) is 4.44. The van der Waals surface area contributed by atoms with Crippen LogP contribution in [0, 0.1) is 5.92 Å². The lowest BCUT2D eigenvalue weighted by molar-refractivity contribution is 0.237. The summed E-state index contributed by atoms with van der Waals surface area (Å²) < 4.78 is 19.4. The maximum atomic E-state index is 10.7. The minimum absolute atomic E-state index is 0.160. The summed E-state index contributed by atoms with van der Waals surface area (Å²) in [4.78, 5) is 0.408. The summed E-state index contributed by atoms with van der Waals surface area (Å²) >= 11 is -1.90. The third kappa shape index (κ3) is 3.21. The van der Waals surface area contributed by atoms with Crippen molar-refractivity contribution in [1.29, 1.82) is 0 Å². The summed E-state index contributed by atoms with van der Waals surface area (Å²) in [5.41, 5.74) is 1.07. The summed E-state index contributed by atoms with van der Waals surface area (Å²) in [5, 5.41) is 8.85. The molecule has 0 saturated carbocycles. The Balaban J connectivity index is 2.68. The van der Waals surface area contributed by atoms with Crippen LogP contribution in [0.25, 0.3) is 0 Å². The molecule has 0 spiro atoms. The molecule has 0 saturated heterocycles. The maximum Gasteiger partial charge on any atom is 0.186 e. The van der Waals surface area contributed by atoms with Crippen molar-refractivity contribution < 1.29 is 13.9 Å². The first-order chi connectivity index (χ1) is 6.63. The molecule has 78 valence electrons. The van der Waals surface area contributed by atoms with E-state index in [4.69, 9.17) is 9.66 Å². The molecule has 2 N–H and O–H groups in total. The molecular weight excluding hydrogens is 200 g/mol. The van der Waals surface area contributed by atoms with Crippen molar-refractivity contribution in [3.63, 3.8) is 0 Å². The van der Waals surface area contributed by atoms with E-state index in [0.29, 0.717) is 4.90 Å². The molecule has 0 amide bonds. The van der Waals surface area contributed by atoms with Gasteiger partial charge < -0.3 is 9.66 Å². The highest BCUT2D eigenvalue weighted by Gasteiger charge is 2.03. The highest BCUT2D eigenvalue weighted by molar-refractivity contribution is 7.79. The Kier molecular flexibility index (Phi) is 4.25. The molecule has 3 nitrogen and oxygen atoms in total. The number of hydrogen-bond acceptors (Lipinski definition) is 2. The number of aliphatic hydroxyl groups is 1. The van der Waals surface area contributed by atoms with Crippen molar-refractivity contribution in [2.45, 2.75) is 18.2 Å². The molecule has 0 fully saturated rings. The molecule has 0 bridgehead atoms. The highest BCUT2D eigenvalue weighted by Crippen LogP contribution is 2.11. The van der Waals surface area contributed by atoms with Gasteiger partial charge in [-0.05, 0) is 30.0 Å². The fourth-order valence-corrected chi connectivity index (χ4v) is 1.58. The quantitative estimate of drug-likeness (QED) is 0.746. The fourth-order valence-electron chi connectivity index (χ4n) is 1.21. The van der Waals surface area contributed by atoms with E-state index in [-0.39, 0.29) is 12.5 Å². The molecule has 0 aromatic heterocycles. The molecule has 4 heteroatoms. The molecular formula is C10H14O3S. The second-order valence-corrected chi connectivity index (χ2v) is 4.35. The van der Waals surface area contributed by atoms with Gasteiger partial charge in [0.25, 0.3) is 0 Å². The number of aliphatic hydroxyl groups excluding tert-OH is 1. The van der Waals surface area contributed by atoms with Gasteiger partial charge in [-0.25, -0.2) is 4.21 Å². The monoisotopic (exact) mass is 214 g/mol.